The number of nitrogens with one attached hydrogen (secondary N) is 2. The summed E-state index contributed by atoms with van der Waals surface area (Å²) in [5.41, 5.74) is 7.78. The number of nitrogens with zero attached hydrogens (tertiary/aromatic N) is 7. The van der Waals surface area contributed by atoms with Crippen LogP contribution in [0, 0.1) is 11.8 Å². The molecule has 2 aromatic heterocycles. The zero-order valence-electron chi connectivity index (χ0n) is 37.8. The monoisotopic (exact) mass is 928 g/mol. The number of imide groups is 1. The van der Waals surface area contributed by atoms with Crippen molar-refractivity contribution in [1.29, 1.82) is 0 Å². The average Bonchev–Trinajstić information content (AvgIpc) is 4.00. The van der Waals surface area contributed by atoms with Crippen molar-refractivity contribution in [2.75, 3.05) is 39.9 Å². The number of fused-ring (bicyclic) bond motifs is 2. The molecular formula is C51H53F3N9O5+. The average molecular weight is 929 g/mol. The molecule has 0 bridgehead atoms. The van der Waals surface area contributed by atoms with E-state index in [-0.39, 0.29) is 48.0 Å². The number of carbonyl (C=O) groups is 4. The Morgan fingerprint density at radius 1 is 0.868 bits per heavy atom. The second-order valence-electron chi connectivity index (χ2n) is 18.9. The molecule has 0 aliphatic carbocycles. The number of aromatic nitrogens is 2. The summed E-state index contributed by atoms with van der Waals surface area (Å²) < 4.78 is 47.6. The Hall–Kier alpha value is -6.88. The van der Waals surface area contributed by atoms with Gasteiger partial charge in [-0.3, -0.25) is 39.0 Å². The smallest absolute Gasteiger partial charge is 0.343 e. The Bertz CT molecular complexity index is 2940. The summed E-state index contributed by atoms with van der Waals surface area (Å²) in [5.74, 6) is 0.143. The highest BCUT2D eigenvalue weighted by Gasteiger charge is 2.37. The van der Waals surface area contributed by atoms with Crippen LogP contribution in [-0.2, 0) is 40.1 Å². The van der Waals surface area contributed by atoms with Gasteiger partial charge in [-0.05, 0) is 115 Å². The zero-order valence-corrected chi connectivity index (χ0v) is 37.8. The van der Waals surface area contributed by atoms with Gasteiger partial charge in [0.05, 0.1) is 16.8 Å². The highest BCUT2D eigenvalue weighted by molar-refractivity contribution is 6.05. The Morgan fingerprint density at radius 2 is 1.63 bits per heavy atom. The minimum absolute atomic E-state index is 0.145. The molecule has 0 radical (unpaired) electrons. The molecule has 14 nitrogen and oxygen atoms in total. The van der Waals surface area contributed by atoms with Crippen LogP contribution in [0.5, 0.6) is 0 Å². The normalized spacial score (nSPS) is 20.3. The lowest BCUT2D eigenvalue weighted by molar-refractivity contribution is -0.434. The van der Waals surface area contributed by atoms with Gasteiger partial charge in [0, 0.05) is 63.9 Å². The standard InChI is InChI=1S/C51H52F3N9O5/c1-58-31-55-57-45(58)23-33-3-2-4-41(21-33)62-30-44-43(51(52,53)54)22-34(27-63(44)50(62)68)26-59-17-13-32(14-18-59)24-47(65)60-19-15-37(16-20-60)35-5-7-36(8-6-35)38-9-11-42-40(25-38)29-61(49(42)67)28-39-10-12-46(64)56-48(39)66/h2-9,11,21-22,25,27-28,30,32,37,39,55H,10,12-20,23-24,26,29,31H2,1H3/p+1. The van der Waals surface area contributed by atoms with E-state index in [1.54, 1.807) is 29.0 Å². The third-order valence-electron chi connectivity index (χ3n) is 14.4. The van der Waals surface area contributed by atoms with Crippen LogP contribution in [0.15, 0.2) is 95.1 Å². The fraction of sp³-hybridized carbons (Fsp3) is 0.392. The van der Waals surface area contributed by atoms with Crippen LogP contribution in [0.3, 0.4) is 0 Å². The lowest BCUT2D eigenvalue weighted by Gasteiger charge is -2.35. The van der Waals surface area contributed by atoms with Crippen LogP contribution in [-0.4, -0.2) is 104 Å². The zero-order chi connectivity index (χ0) is 47.3. The number of rotatable bonds is 10. The topological polar surface area (TPSA) is 144 Å². The van der Waals surface area contributed by atoms with E-state index in [9.17, 15) is 37.1 Å². The van der Waals surface area contributed by atoms with E-state index in [0.29, 0.717) is 81.4 Å². The van der Waals surface area contributed by atoms with Crippen LogP contribution in [0.2, 0.25) is 0 Å². The first-order chi connectivity index (χ1) is 32.7. The quantitative estimate of drug-likeness (QED) is 0.130. The lowest BCUT2D eigenvalue weighted by atomic mass is 9.87. The highest BCUT2D eigenvalue weighted by atomic mass is 19.4. The molecule has 352 valence electrons. The molecule has 0 saturated carbocycles. The molecule has 5 aromatic rings. The third kappa shape index (κ3) is 9.23. The molecule has 2 N–H and O–H groups in total. The van der Waals surface area contributed by atoms with Gasteiger partial charge in [0.1, 0.15) is 24.0 Å². The number of halogens is 3. The van der Waals surface area contributed by atoms with E-state index in [4.69, 9.17) is 0 Å². The van der Waals surface area contributed by atoms with Crippen molar-refractivity contribution >= 4 is 41.2 Å². The number of pyridine rings is 1. The van der Waals surface area contributed by atoms with E-state index in [0.717, 1.165) is 64.2 Å². The number of likely N-dealkylation sites (tertiary alicyclic amines) is 2. The summed E-state index contributed by atoms with van der Waals surface area (Å²) in [5, 5.41) is 6.64. The molecule has 7 heterocycles. The van der Waals surface area contributed by atoms with Crippen molar-refractivity contribution in [3.63, 3.8) is 0 Å². The summed E-state index contributed by atoms with van der Waals surface area (Å²) >= 11 is 0. The Balaban J connectivity index is 0.713. The summed E-state index contributed by atoms with van der Waals surface area (Å²) in [6, 6.07) is 22.6. The number of hydrogen-bond donors (Lipinski definition) is 2. The van der Waals surface area contributed by atoms with Gasteiger partial charge in [-0.1, -0.05) is 42.5 Å². The van der Waals surface area contributed by atoms with Crippen LogP contribution in [0.1, 0.15) is 89.0 Å². The van der Waals surface area contributed by atoms with Crippen molar-refractivity contribution in [3.8, 4) is 16.8 Å². The summed E-state index contributed by atoms with van der Waals surface area (Å²) in [6.45, 7) is 3.84. The number of alkyl halides is 3. The van der Waals surface area contributed by atoms with Crippen LogP contribution < -0.4 is 16.4 Å². The van der Waals surface area contributed by atoms with E-state index < -0.39 is 23.3 Å². The Morgan fingerprint density at radius 3 is 2.35 bits per heavy atom. The first-order valence-electron chi connectivity index (χ1n) is 23.4. The van der Waals surface area contributed by atoms with Crippen molar-refractivity contribution in [2.45, 2.75) is 76.6 Å². The number of hydrazone groups is 1. The number of carbonyl (C=O) groups excluding carboxylic acids is 4. The van der Waals surface area contributed by atoms with Gasteiger partial charge in [0.2, 0.25) is 17.7 Å². The fourth-order valence-electron chi connectivity index (χ4n) is 10.4. The van der Waals surface area contributed by atoms with Gasteiger partial charge < -0.3 is 9.80 Å². The summed E-state index contributed by atoms with van der Waals surface area (Å²) in [6.07, 6.45) is 4.58. The number of piperidine rings is 3. The summed E-state index contributed by atoms with van der Waals surface area (Å²) in [4.78, 5) is 70.3. The molecule has 5 aliphatic rings. The number of amidine groups is 1. The minimum Gasteiger partial charge on any atom is -0.343 e. The Labute approximate surface area is 390 Å². The molecule has 10 rings (SSSR count). The molecule has 4 amide bonds. The van der Waals surface area contributed by atoms with E-state index in [1.165, 1.54) is 22.5 Å². The maximum Gasteiger partial charge on any atom is 0.419 e. The molecule has 5 aliphatic heterocycles. The number of imidazole rings is 1. The summed E-state index contributed by atoms with van der Waals surface area (Å²) in [7, 11) is 1.91. The molecule has 68 heavy (non-hydrogen) atoms. The minimum atomic E-state index is -4.67. The van der Waals surface area contributed by atoms with E-state index in [1.807, 2.05) is 41.1 Å². The van der Waals surface area contributed by atoms with Gasteiger partial charge in [-0.15, -0.1) is 0 Å². The van der Waals surface area contributed by atoms with E-state index in [2.05, 4.69) is 45.0 Å². The largest absolute Gasteiger partial charge is 0.419 e. The number of amides is 4. The SMILES string of the molecule is CN1CNN=C1Cc1cccc(-n2cc3c(C(F)(F)F)cc(CN4CCC(CC(=O)N5CCC(c6ccc(-c7ccc8c(c7)C[N+](=CC7CCC(=O)NC7=O)C8=O)cc6)CC5)CC4)cn3c2=O)c1. The van der Waals surface area contributed by atoms with Crippen LogP contribution in [0.25, 0.3) is 22.3 Å². The second kappa shape index (κ2) is 18.3. The van der Waals surface area contributed by atoms with Crippen LogP contribution in [0.4, 0.5) is 13.2 Å². The molecule has 1 unspecified atom stereocenters. The lowest BCUT2D eigenvalue weighted by Crippen LogP contribution is -2.42. The molecule has 17 heteroatoms. The predicted octanol–water partition coefficient (Wildman–Crippen LogP) is 5.92. The van der Waals surface area contributed by atoms with Crippen LogP contribution >= 0.6 is 0 Å². The second-order valence-corrected chi connectivity index (χ2v) is 18.9. The van der Waals surface area contributed by atoms with Crippen molar-refractivity contribution in [2.24, 2.45) is 16.9 Å². The molecule has 3 saturated heterocycles. The van der Waals surface area contributed by atoms with Gasteiger partial charge >= 0.3 is 17.8 Å². The molecule has 0 spiro atoms. The number of benzene rings is 3. The number of hydrogen-bond acceptors (Lipinski definition) is 9. The molecular weight excluding hydrogens is 876 g/mol. The van der Waals surface area contributed by atoms with Crippen molar-refractivity contribution in [3.05, 3.63) is 129 Å². The predicted molar refractivity (Wildman–Crippen MR) is 248 cm³/mol. The molecule has 3 fully saturated rings. The maximum absolute atomic E-state index is 14.5. The maximum atomic E-state index is 14.5. The fourth-order valence-corrected chi connectivity index (χ4v) is 10.4. The highest BCUT2D eigenvalue weighted by Crippen LogP contribution is 2.35. The van der Waals surface area contributed by atoms with Crippen molar-refractivity contribution in [1.82, 2.24) is 34.4 Å². The number of likely N-dealkylation sites (N-methyl/N-ethyl adjacent to an activating group) is 1. The van der Waals surface area contributed by atoms with Gasteiger partial charge in [0.25, 0.3) is 0 Å². The first kappa shape index (κ1) is 44.9. The molecule has 1 atom stereocenters. The Kier molecular flexibility index (Phi) is 12.1. The first-order valence-corrected chi connectivity index (χ1v) is 23.4. The third-order valence-corrected chi connectivity index (χ3v) is 14.4. The molecule has 3 aromatic carbocycles. The van der Waals surface area contributed by atoms with E-state index >= 15 is 0 Å². The van der Waals surface area contributed by atoms with Crippen molar-refractivity contribution < 1.29 is 36.9 Å². The van der Waals surface area contributed by atoms with Gasteiger partial charge in [0.15, 0.2) is 12.8 Å². The van der Waals surface area contributed by atoms with Gasteiger partial charge in [-0.25, -0.2) is 9.59 Å². The van der Waals surface area contributed by atoms with Gasteiger partial charge in [-0.2, -0.15) is 22.8 Å².